The van der Waals surface area contributed by atoms with Crippen molar-refractivity contribution in [2.75, 3.05) is 40.2 Å². The maximum Gasteiger partial charge on any atom is 0.573 e. The van der Waals surface area contributed by atoms with Crippen LogP contribution in [0.3, 0.4) is 0 Å². The Kier molecular flexibility index (Phi) is 6.81. The van der Waals surface area contributed by atoms with Gasteiger partial charge in [0.1, 0.15) is 17.7 Å². The molecule has 3 aromatic rings. The van der Waals surface area contributed by atoms with E-state index < -0.39 is 23.6 Å². The van der Waals surface area contributed by atoms with Crippen LogP contribution in [0.4, 0.5) is 18.9 Å². The maximum absolute atomic E-state index is 13.1. The lowest BCUT2D eigenvalue weighted by molar-refractivity contribution is -0.274. The highest BCUT2D eigenvalue weighted by Crippen LogP contribution is 2.41. The third kappa shape index (κ3) is 4.81. The lowest BCUT2D eigenvalue weighted by Crippen LogP contribution is -2.46. The number of carbonyl (C=O) groups excluding carboxylic acids is 1. The van der Waals surface area contributed by atoms with Gasteiger partial charge in [0.05, 0.1) is 31.0 Å². The van der Waals surface area contributed by atoms with E-state index in [1.165, 1.54) is 19.5 Å². The van der Waals surface area contributed by atoms with Gasteiger partial charge in [-0.15, -0.1) is 13.2 Å². The molecule has 12 heteroatoms. The van der Waals surface area contributed by atoms with Gasteiger partial charge < -0.3 is 29.6 Å². The summed E-state index contributed by atoms with van der Waals surface area (Å²) in [6, 6.07) is 6.84. The van der Waals surface area contributed by atoms with Crippen LogP contribution >= 0.6 is 0 Å². The molecule has 1 fully saturated rings. The Labute approximate surface area is 204 Å². The zero-order valence-electron chi connectivity index (χ0n) is 19.9. The molecule has 9 nitrogen and oxygen atoms in total. The molecule has 1 aliphatic rings. The molecule has 0 aliphatic carbocycles. The molecule has 0 spiro atoms. The van der Waals surface area contributed by atoms with E-state index >= 15 is 0 Å². The number of nitrogen functional groups attached to an aromatic ring is 1. The van der Waals surface area contributed by atoms with Crippen molar-refractivity contribution in [3.8, 4) is 17.2 Å². The highest BCUT2D eigenvalue weighted by atomic mass is 19.4. The van der Waals surface area contributed by atoms with Gasteiger partial charge in [-0.2, -0.15) is 0 Å². The van der Waals surface area contributed by atoms with Gasteiger partial charge in [0.2, 0.25) is 0 Å². The average Bonchev–Trinajstić information content (AvgIpc) is 2.86. The fourth-order valence-electron chi connectivity index (χ4n) is 4.46. The zero-order chi connectivity index (χ0) is 26.1. The van der Waals surface area contributed by atoms with E-state index in [1.54, 1.807) is 31.3 Å². The number of nitrogens with two attached hydrogens (primary N) is 1. The Balaban J connectivity index is 1.58. The quantitative estimate of drug-likeness (QED) is 0.502. The largest absolute Gasteiger partial charge is 0.573 e. The van der Waals surface area contributed by atoms with Gasteiger partial charge in [-0.1, -0.05) is 0 Å². The van der Waals surface area contributed by atoms with Gasteiger partial charge in [0.15, 0.2) is 11.5 Å². The summed E-state index contributed by atoms with van der Waals surface area (Å²) < 4.78 is 58.1. The molecule has 192 valence electrons. The van der Waals surface area contributed by atoms with E-state index in [9.17, 15) is 18.0 Å². The molecular formula is C24H25F3N4O5. The fourth-order valence-corrected chi connectivity index (χ4v) is 4.46. The van der Waals surface area contributed by atoms with Crippen LogP contribution in [0.5, 0.6) is 17.2 Å². The fraction of sp³-hybridized carbons (Fsp3) is 0.375. The number of fused-ring (bicyclic) bond motifs is 1. The van der Waals surface area contributed by atoms with Crippen LogP contribution in [0.2, 0.25) is 0 Å². The highest BCUT2D eigenvalue weighted by molar-refractivity contribution is 5.99. The summed E-state index contributed by atoms with van der Waals surface area (Å²) in [5.41, 5.74) is 6.38. The van der Waals surface area contributed by atoms with Crippen LogP contribution in [0.1, 0.15) is 28.9 Å². The number of likely N-dealkylation sites (tertiary alicyclic amines) is 1. The Morgan fingerprint density at radius 2 is 1.69 bits per heavy atom. The van der Waals surface area contributed by atoms with E-state index in [4.69, 9.17) is 19.9 Å². The molecular weight excluding hydrogens is 481 g/mol. The van der Waals surface area contributed by atoms with Crippen molar-refractivity contribution >= 4 is 22.5 Å². The average molecular weight is 506 g/mol. The first-order chi connectivity index (χ1) is 17.1. The van der Waals surface area contributed by atoms with E-state index in [0.29, 0.717) is 48.6 Å². The van der Waals surface area contributed by atoms with Gasteiger partial charge in [-0.05, 0) is 31.0 Å². The highest BCUT2D eigenvalue weighted by Gasteiger charge is 2.41. The number of ether oxygens (including phenoxy) is 4. The molecule has 2 N–H and O–H groups in total. The number of anilines is 1. The minimum atomic E-state index is -4.85. The molecule has 1 aromatic heterocycles. The third-order valence-corrected chi connectivity index (χ3v) is 6.31. The Hall–Kier alpha value is -3.80. The summed E-state index contributed by atoms with van der Waals surface area (Å²) in [5, 5.41) is 0.737. The number of methoxy groups -OCH3 is 3. The second kappa shape index (κ2) is 9.69. The van der Waals surface area contributed by atoms with Gasteiger partial charge in [-0.25, -0.2) is 9.97 Å². The molecule has 0 radical (unpaired) electrons. The number of amides is 1. The summed E-state index contributed by atoms with van der Waals surface area (Å²) in [7, 11) is 4.67. The number of hydrogen-bond acceptors (Lipinski definition) is 8. The van der Waals surface area contributed by atoms with Crippen molar-refractivity contribution in [3.63, 3.8) is 0 Å². The van der Waals surface area contributed by atoms with Gasteiger partial charge in [0, 0.05) is 43.4 Å². The Morgan fingerprint density at radius 3 is 2.28 bits per heavy atom. The van der Waals surface area contributed by atoms with E-state index in [1.807, 2.05) is 0 Å². The number of nitrogens with zero attached hydrogens (tertiary/aromatic N) is 3. The lowest BCUT2D eigenvalue weighted by atomic mass is 9.85. The molecule has 1 saturated heterocycles. The normalized spacial score (nSPS) is 15.6. The first kappa shape index (κ1) is 25.3. The van der Waals surface area contributed by atoms with E-state index in [-0.39, 0.29) is 11.3 Å². The predicted molar refractivity (Wildman–Crippen MR) is 124 cm³/mol. The summed E-state index contributed by atoms with van der Waals surface area (Å²) in [5.74, 6) is 0.171. The van der Waals surface area contributed by atoms with Crippen LogP contribution in [-0.2, 0) is 10.3 Å². The third-order valence-electron chi connectivity index (χ3n) is 6.31. The molecule has 0 saturated carbocycles. The molecule has 2 heterocycles. The second-order valence-corrected chi connectivity index (χ2v) is 8.23. The van der Waals surface area contributed by atoms with Crippen molar-refractivity contribution < 1.29 is 36.9 Å². The number of alkyl halides is 3. The Bertz CT molecular complexity index is 1280. The zero-order valence-corrected chi connectivity index (χ0v) is 19.9. The van der Waals surface area contributed by atoms with Crippen molar-refractivity contribution in [3.05, 3.63) is 47.9 Å². The second-order valence-electron chi connectivity index (χ2n) is 8.23. The predicted octanol–water partition coefficient (Wildman–Crippen LogP) is 3.91. The van der Waals surface area contributed by atoms with Crippen molar-refractivity contribution in [2.24, 2.45) is 0 Å². The SMILES string of the molecule is COc1cc2ncnc(C3(OC)CCN(C(=O)c4ccc(OC(F)(F)F)cc4N)CC3)c2cc1OC. The van der Waals surface area contributed by atoms with Crippen LogP contribution in [0, 0.1) is 0 Å². The monoisotopic (exact) mass is 506 g/mol. The van der Waals surface area contributed by atoms with E-state index in [2.05, 4.69) is 14.7 Å². The number of rotatable bonds is 6. The number of aromatic nitrogens is 2. The van der Waals surface area contributed by atoms with E-state index in [0.717, 1.165) is 17.5 Å². The number of halogens is 3. The summed E-state index contributed by atoms with van der Waals surface area (Å²) in [6.45, 7) is 0.622. The number of benzene rings is 2. The van der Waals surface area contributed by atoms with Crippen molar-refractivity contribution in [2.45, 2.75) is 24.8 Å². The van der Waals surface area contributed by atoms with Crippen molar-refractivity contribution in [1.29, 1.82) is 0 Å². The van der Waals surface area contributed by atoms with Crippen LogP contribution in [-0.4, -0.2) is 61.6 Å². The molecule has 2 aromatic carbocycles. The molecule has 4 rings (SSSR count). The molecule has 0 unspecified atom stereocenters. The molecule has 1 amide bonds. The first-order valence-corrected chi connectivity index (χ1v) is 11.0. The van der Waals surface area contributed by atoms with Crippen LogP contribution in [0.25, 0.3) is 10.9 Å². The van der Waals surface area contributed by atoms with Gasteiger partial charge in [-0.3, -0.25) is 4.79 Å². The molecule has 1 aliphatic heterocycles. The van der Waals surface area contributed by atoms with Gasteiger partial charge >= 0.3 is 6.36 Å². The summed E-state index contributed by atoms with van der Waals surface area (Å²) in [6.07, 6.45) is -2.56. The first-order valence-electron chi connectivity index (χ1n) is 11.0. The molecule has 36 heavy (non-hydrogen) atoms. The lowest BCUT2D eigenvalue weighted by Gasteiger charge is -2.41. The molecule has 0 bridgehead atoms. The number of hydrogen-bond donors (Lipinski definition) is 1. The number of piperidine rings is 1. The number of carbonyl (C=O) groups is 1. The smallest absolute Gasteiger partial charge is 0.493 e. The minimum absolute atomic E-state index is 0.0961. The topological polar surface area (TPSA) is 109 Å². The molecule has 0 atom stereocenters. The van der Waals surface area contributed by atoms with Crippen LogP contribution < -0.4 is 19.9 Å². The van der Waals surface area contributed by atoms with Crippen molar-refractivity contribution in [1.82, 2.24) is 14.9 Å². The van der Waals surface area contributed by atoms with Crippen LogP contribution in [0.15, 0.2) is 36.7 Å². The van der Waals surface area contributed by atoms with Gasteiger partial charge in [0.25, 0.3) is 5.91 Å². The minimum Gasteiger partial charge on any atom is -0.493 e. The summed E-state index contributed by atoms with van der Waals surface area (Å²) in [4.78, 5) is 23.6. The standard InChI is InChI=1S/C24H25F3N4O5/c1-33-19-11-16-18(12-20(19)34-2)29-13-30-21(16)23(35-3)6-8-31(9-7-23)22(32)15-5-4-14(10-17(15)28)36-24(25,26)27/h4-5,10-13H,6-9,28H2,1-3H3. The summed E-state index contributed by atoms with van der Waals surface area (Å²) >= 11 is 0. The maximum atomic E-state index is 13.1. The Morgan fingerprint density at radius 1 is 1.03 bits per heavy atom.